The maximum atomic E-state index is 4.54. The van der Waals surface area contributed by atoms with Crippen molar-refractivity contribution >= 4 is 31.9 Å². The van der Waals surface area contributed by atoms with Crippen molar-refractivity contribution in [2.24, 2.45) is 7.05 Å². The molecule has 0 aliphatic rings. The summed E-state index contributed by atoms with van der Waals surface area (Å²) in [6.45, 7) is 2.13. The van der Waals surface area contributed by atoms with Crippen molar-refractivity contribution in [3.05, 3.63) is 38.9 Å². The Balaban J connectivity index is 2.56. The monoisotopic (exact) mass is 342 g/mol. The number of aryl methyl sites for hydroxylation is 1. The van der Waals surface area contributed by atoms with Crippen molar-refractivity contribution in [3.8, 4) is 11.3 Å². The van der Waals surface area contributed by atoms with Crippen LogP contribution >= 0.6 is 31.9 Å². The SMILES string of the molecule is CCc1c(Br)c(-c2cccc(Br)c2)nn1C. The number of halogens is 2. The molecule has 2 nitrogen and oxygen atoms in total. The lowest BCUT2D eigenvalue weighted by molar-refractivity contribution is 0.719. The molecule has 0 saturated heterocycles. The first-order valence-electron chi connectivity index (χ1n) is 5.10. The molecule has 0 bridgehead atoms. The highest BCUT2D eigenvalue weighted by Crippen LogP contribution is 2.31. The molecule has 1 aromatic heterocycles. The average Bonchev–Trinajstić information content (AvgIpc) is 2.54. The molecule has 0 aliphatic carbocycles. The maximum absolute atomic E-state index is 4.54. The van der Waals surface area contributed by atoms with Crippen LogP contribution in [-0.2, 0) is 13.5 Å². The fraction of sp³-hybridized carbons (Fsp3) is 0.250. The molecule has 2 rings (SSSR count). The minimum Gasteiger partial charge on any atom is -0.271 e. The van der Waals surface area contributed by atoms with Gasteiger partial charge in [-0.05, 0) is 34.5 Å². The number of rotatable bonds is 2. The van der Waals surface area contributed by atoms with E-state index in [1.165, 1.54) is 5.69 Å². The van der Waals surface area contributed by atoms with Gasteiger partial charge in [-0.1, -0.05) is 35.0 Å². The summed E-state index contributed by atoms with van der Waals surface area (Å²) in [7, 11) is 1.98. The summed E-state index contributed by atoms with van der Waals surface area (Å²) >= 11 is 7.10. The summed E-state index contributed by atoms with van der Waals surface area (Å²) in [6, 6.07) is 8.18. The van der Waals surface area contributed by atoms with Gasteiger partial charge in [0, 0.05) is 17.1 Å². The molecule has 0 fully saturated rings. The zero-order valence-corrected chi connectivity index (χ0v) is 12.3. The first-order valence-corrected chi connectivity index (χ1v) is 6.69. The van der Waals surface area contributed by atoms with Crippen LogP contribution in [0.25, 0.3) is 11.3 Å². The third-order valence-electron chi connectivity index (χ3n) is 2.53. The summed E-state index contributed by atoms with van der Waals surface area (Å²) in [4.78, 5) is 0. The molecular formula is C12H12Br2N2. The van der Waals surface area contributed by atoms with Crippen LogP contribution < -0.4 is 0 Å². The van der Waals surface area contributed by atoms with E-state index in [1.54, 1.807) is 0 Å². The van der Waals surface area contributed by atoms with Crippen LogP contribution in [-0.4, -0.2) is 9.78 Å². The largest absolute Gasteiger partial charge is 0.271 e. The highest BCUT2D eigenvalue weighted by Gasteiger charge is 2.13. The fourth-order valence-corrected chi connectivity index (χ4v) is 2.98. The smallest absolute Gasteiger partial charge is 0.107 e. The molecule has 16 heavy (non-hydrogen) atoms. The van der Waals surface area contributed by atoms with Gasteiger partial charge >= 0.3 is 0 Å². The van der Waals surface area contributed by atoms with Crippen LogP contribution in [0.3, 0.4) is 0 Å². The van der Waals surface area contributed by atoms with Gasteiger partial charge in [0.1, 0.15) is 5.69 Å². The van der Waals surface area contributed by atoms with Gasteiger partial charge in [0.2, 0.25) is 0 Å². The summed E-state index contributed by atoms with van der Waals surface area (Å²) < 4.78 is 4.09. The molecule has 2 aromatic rings. The highest BCUT2D eigenvalue weighted by atomic mass is 79.9. The number of hydrogen-bond donors (Lipinski definition) is 0. The van der Waals surface area contributed by atoms with Crippen LogP contribution in [0.5, 0.6) is 0 Å². The Morgan fingerprint density at radius 3 is 2.62 bits per heavy atom. The highest BCUT2D eigenvalue weighted by molar-refractivity contribution is 9.11. The second-order valence-corrected chi connectivity index (χ2v) is 5.31. The number of hydrogen-bond acceptors (Lipinski definition) is 1. The Kier molecular flexibility index (Phi) is 3.50. The fourth-order valence-electron chi connectivity index (χ4n) is 1.74. The van der Waals surface area contributed by atoms with E-state index in [4.69, 9.17) is 0 Å². The van der Waals surface area contributed by atoms with Crippen LogP contribution in [0.15, 0.2) is 33.2 Å². The van der Waals surface area contributed by atoms with Crippen molar-refractivity contribution in [2.45, 2.75) is 13.3 Å². The zero-order chi connectivity index (χ0) is 11.7. The number of benzene rings is 1. The van der Waals surface area contributed by atoms with Crippen molar-refractivity contribution < 1.29 is 0 Å². The lowest BCUT2D eigenvalue weighted by Crippen LogP contribution is -1.96. The average molecular weight is 344 g/mol. The first-order chi connectivity index (χ1) is 7.63. The van der Waals surface area contributed by atoms with Gasteiger partial charge in [-0.2, -0.15) is 5.10 Å². The van der Waals surface area contributed by atoms with Crippen LogP contribution in [0, 0.1) is 0 Å². The summed E-state index contributed by atoms with van der Waals surface area (Å²) in [5.41, 5.74) is 3.34. The van der Waals surface area contributed by atoms with Crippen LogP contribution in [0.2, 0.25) is 0 Å². The third-order valence-corrected chi connectivity index (χ3v) is 3.86. The van der Waals surface area contributed by atoms with Gasteiger partial charge in [0.15, 0.2) is 0 Å². The Labute approximate surface area is 112 Å². The van der Waals surface area contributed by atoms with E-state index in [0.29, 0.717) is 0 Å². The summed E-state index contributed by atoms with van der Waals surface area (Å²) in [5, 5.41) is 4.54. The Morgan fingerprint density at radius 1 is 1.31 bits per heavy atom. The van der Waals surface area contributed by atoms with E-state index in [2.05, 4.69) is 56.0 Å². The lowest BCUT2D eigenvalue weighted by atomic mass is 10.1. The molecule has 0 atom stereocenters. The van der Waals surface area contributed by atoms with E-state index in [1.807, 2.05) is 23.9 Å². The molecule has 1 heterocycles. The van der Waals surface area contributed by atoms with Crippen LogP contribution in [0.4, 0.5) is 0 Å². The van der Waals surface area contributed by atoms with Crippen molar-refractivity contribution in [3.63, 3.8) is 0 Å². The van der Waals surface area contributed by atoms with Crippen molar-refractivity contribution in [2.75, 3.05) is 0 Å². The normalized spacial score (nSPS) is 10.8. The van der Waals surface area contributed by atoms with Crippen LogP contribution in [0.1, 0.15) is 12.6 Å². The Bertz CT molecular complexity index is 518. The van der Waals surface area contributed by atoms with E-state index in [9.17, 15) is 0 Å². The van der Waals surface area contributed by atoms with Gasteiger partial charge in [-0.3, -0.25) is 4.68 Å². The minimum absolute atomic E-state index is 0.970. The standard InChI is InChI=1S/C12H12Br2N2/c1-3-10-11(14)12(15-16(10)2)8-5-4-6-9(13)7-8/h4-7H,3H2,1-2H3. The second kappa shape index (κ2) is 4.72. The molecule has 0 saturated carbocycles. The predicted molar refractivity (Wildman–Crippen MR) is 73.4 cm³/mol. The van der Waals surface area contributed by atoms with E-state index in [0.717, 1.165) is 26.6 Å². The molecule has 84 valence electrons. The molecule has 0 spiro atoms. The van der Waals surface area contributed by atoms with Gasteiger partial charge < -0.3 is 0 Å². The van der Waals surface area contributed by atoms with E-state index < -0.39 is 0 Å². The van der Waals surface area contributed by atoms with E-state index in [-0.39, 0.29) is 0 Å². The topological polar surface area (TPSA) is 17.8 Å². The summed E-state index contributed by atoms with van der Waals surface area (Å²) in [6.07, 6.45) is 0.970. The number of nitrogens with zero attached hydrogens (tertiary/aromatic N) is 2. The maximum Gasteiger partial charge on any atom is 0.107 e. The van der Waals surface area contributed by atoms with Crippen molar-refractivity contribution in [1.82, 2.24) is 9.78 Å². The number of aromatic nitrogens is 2. The minimum atomic E-state index is 0.970. The quantitative estimate of drug-likeness (QED) is 0.800. The molecule has 0 radical (unpaired) electrons. The molecule has 0 amide bonds. The Hall–Kier alpha value is -0.610. The third kappa shape index (κ3) is 2.09. The van der Waals surface area contributed by atoms with Gasteiger partial charge in [-0.25, -0.2) is 0 Å². The predicted octanol–water partition coefficient (Wildman–Crippen LogP) is 4.17. The van der Waals surface area contributed by atoms with Crippen molar-refractivity contribution in [1.29, 1.82) is 0 Å². The first kappa shape index (κ1) is 11.9. The molecular weight excluding hydrogens is 332 g/mol. The molecule has 0 aliphatic heterocycles. The molecule has 4 heteroatoms. The van der Waals surface area contributed by atoms with Gasteiger partial charge in [0.25, 0.3) is 0 Å². The van der Waals surface area contributed by atoms with E-state index >= 15 is 0 Å². The zero-order valence-electron chi connectivity index (χ0n) is 9.17. The molecule has 0 unspecified atom stereocenters. The van der Waals surface area contributed by atoms with Gasteiger partial charge in [-0.15, -0.1) is 0 Å². The lowest BCUT2D eigenvalue weighted by Gasteiger charge is -1.98. The van der Waals surface area contributed by atoms with Gasteiger partial charge in [0.05, 0.1) is 10.2 Å². The Morgan fingerprint density at radius 2 is 2.06 bits per heavy atom. The molecule has 0 N–H and O–H groups in total. The second-order valence-electron chi connectivity index (χ2n) is 3.60. The summed E-state index contributed by atoms with van der Waals surface area (Å²) in [5.74, 6) is 0. The molecule has 1 aromatic carbocycles.